The van der Waals surface area contributed by atoms with Gasteiger partial charge in [-0.2, -0.15) is 0 Å². The van der Waals surface area contributed by atoms with Crippen LogP contribution in [-0.4, -0.2) is 26.0 Å². The van der Waals surface area contributed by atoms with Crippen molar-refractivity contribution in [3.05, 3.63) is 28.8 Å². The number of hydrogen-bond acceptors (Lipinski definition) is 2. The summed E-state index contributed by atoms with van der Waals surface area (Å²) in [6.45, 7) is 4.40. The Kier molecular flexibility index (Phi) is 3.31. The number of piperidine rings is 1. The lowest BCUT2D eigenvalue weighted by atomic mass is 9.90. The van der Waals surface area contributed by atoms with Crippen molar-refractivity contribution in [3.63, 3.8) is 0 Å². The normalized spacial score (nSPS) is 22.7. The van der Waals surface area contributed by atoms with E-state index in [1.54, 1.807) is 0 Å². The molecule has 1 unspecified atom stereocenters. The number of nitrogens with zero attached hydrogens (tertiary/aromatic N) is 1. The molecular formula is C16H22N2O. The van der Waals surface area contributed by atoms with Gasteiger partial charge in [-0.1, -0.05) is 17.7 Å². The van der Waals surface area contributed by atoms with Crippen molar-refractivity contribution in [2.24, 2.45) is 5.92 Å². The Hall–Kier alpha value is -1.35. The van der Waals surface area contributed by atoms with E-state index in [4.69, 9.17) is 0 Å². The van der Waals surface area contributed by atoms with Gasteiger partial charge >= 0.3 is 0 Å². The van der Waals surface area contributed by atoms with E-state index in [0.717, 1.165) is 19.5 Å². The van der Waals surface area contributed by atoms with E-state index < -0.39 is 0 Å². The maximum atomic E-state index is 11.9. The van der Waals surface area contributed by atoms with Crippen LogP contribution in [0.25, 0.3) is 0 Å². The summed E-state index contributed by atoms with van der Waals surface area (Å²) in [4.78, 5) is 13.7. The minimum atomic E-state index is 0.226. The standard InChI is InChI=1S/C16H22N2O/c1-11-6-13(8-12-4-3-5-17-10-12)16-14(7-11)9-15(19)18(16)2/h6-7,12,17H,3-5,8-10H2,1-2H3. The average Bonchev–Trinajstić information content (AvgIpc) is 2.66. The smallest absolute Gasteiger partial charge is 0.231 e. The Labute approximate surface area is 115 Å². The van der Waals surface area contributed by atoms with Gasteiger partial charge in [0.25, 0.3) is 0 Å². The number of amides is 1. The fourth-order valence-electron chi connectivity index (χ4n) is 3.47. The van der Waals surface area contributed by atoms with E-state index in [0.29, 0.717) is 12.3 Å². The minimum absolute atomic E-state index is 0.226. The summed E-state index contributed by atoms with van der Waals surface area (Å²) >= 11 is 0. The highest BCUT2D eigenvalue weighted by molar-refractivity contribution is 6.01. The van der Waals surface area contributed by atoms with Crippen LogP contribution >= 0.6 is 0 Å². The van der Waals surface area contributed by atoms with E-state index in [2.05, 4.69) is 24.4 Å². The lowest BCUT2D eigenvalue weighted by Gasteiger charge is -2.25. The number of anilines is 1. The Morgan fingerprint density at radius 2 is 2.26 bits per heavy atom. The fourth-order valence-corrected chi connectivity index (χ4v) is 3.47. The minimum Gasteiger partial charge on any atom is -0.316 e. The Balaban J connectivity index is 1.90. The van der Waals surface area contributed by atoms with Crippen LogP contribution < -0.4 is 10.2 Å². The topological polar surface area (TPSA) is 32.3 Å². The molecule has 102 valence electrons. The lowest BCUT2D eigenvalue weighted by Crippen LogP contribution is -2.31. The molecule has 1 fully saturated rings. The van der Waals surface area contributed by atoms with Crippen molar-refractivity contribution < 1.29 is 4.79 Å². The second kappa shape index (κ2) is 4.97. The first-order chi connectivity index (χ1) is 9.15. The molecule has 1 N–H and O–H groups in total. The van der Waals surface area contributed by atoms with Crippen molar-refractivity contribution in [3.8, 4) is 0 Å². The summed E-state index contributed by atoms with van der Waals surface area (Å²) in [7, 11) is 1.91. The number of aryl methyl sites for hydroxylation is 1. The van der Waals surface area contributed by atoms with Gasteiger partial charge in [-0.05, 0) is 56.3 Å². The second-order valence-corrected chi connectivity index (χ2v) is 5.98. The molecule has 3 heteroatoms. The monoisotopic (exact) mass is 258 g/mol. The highest BCUT2D eigenvalue weighted by Gasteiger charge is 2.28. The third kappa shape index (κ3) is 2.39. The first-order valence-electron chi connectivity index (χ1n) is 7.25. The molecule has 1 aromatic carbocycles. The predicted molar refractivity (Wildman–Crippen MR) is 77.6 cm³/mol. The molecule has 3 nitrogen and oxygen atoms in total. The van der Waals surface area contributed by atoms with Crippen molar-refractivity contribution in [2.75, 3.05) is 25.0 Å². The summed E-state index contributed by atoms with van der Waals surface area (Å²) in [5.41, 5.74) is 5.03. The van der Waals surface area contributed by atoms with Crippen LogP contribution in [0.15, 0.2) is 12.1 Å². The number of nitrogens with one attached hydrogen (secondary N) is 1. The van der Waals surface area contributed by atoms with Gasteiger partial charge in [-0.25, -0.2) is 0 Å². The van der Waals surface area contributed by atoms with E-state index >= 15 is 0 Å². The third-order valence-electron chi connectivity index (χ3n) is 4.37. The van der Waals surface area contributed by atoms with Gasteiger partial charge in [-0.3, -0.25) is 4.79 Å². The molecule has 1 saturated heterocycles. The van der Waals surface area contributed by atoms with E-state index in [-0.39, 0.29) is 5.91 Å². The van der Waals surface area contributed by atoms with Crippen molar-refractivity contribution in [1.29, 1.82) is 0 Å². The molecule has 0 radical (unpaired) electrons. The van der Waals surface area contributed by atoms with Crippen molar-refractivity contribution >= 4 is 11.6 Å². The van der Waals surface area contributed by atoms with Gasteiger partial charge in [-0.15, -0.1) is 0 Å². The van der Waals surface area contributed by atoms with E-state index in [1.165, 1.54) is 35.2 Å². The molecule has 2 aliphatic heterocycles. The molecule has 1 atom stereocenters. The molecule has 0 spiro atoms. The second-order valence-electron chi connectivity index (χ2n) is 5.98. The Morgan fingerprint density at radius 1 is 1.42 bits per heavy atom. The first-order valence-corrected chi connectivity index (χ1v) is 7.25. The van der Waals surface area contributed by atoms with Crippen molar-refractivity contribution in [2.45, 2.75) is 32.6 Å². The summed E-state index contributed by atoms with van der Waals surface area (Å²) in [5.74, 6) is 0.937. The lowest BCUT2D eigenvalue weighted by molar-refractivity contribution is -0.117. The molecule has 0 aromatic heterocycles. The van der Waals surface area contributed by atoms with E-state index in [1.807, 2.05) is 11.9 Å². The van der Waals surface area contributed by atoms with E-state index in [9.17, 15) is 4.79 Å². The number of carbonyl (C=O) groups excluding carboxylic acids is 1. The van der Waals surface area contributed by atoms with Crippen LogP contribution in [0.1, 0.15) is 29.5 Å². The number of hydrogen-bond donors (Lipinski definition) is 1. The quantitative estimate of drug-likeness (QED) is 0.880. The van der Waals surface area contributed by atoms with Gasteiger partial charge in [0.1, 0.15) is 0 Å². The van der Waals surface area contributed by atoms with Gasteiger partial charge in [0.2, 0.25) is 5.91 Å². The number of fused-ring (bicyclic) bond motifs is 1. The third-order valence-corrected chi connectivity index (χ3v) is 4.37. The van der Waals surface area contributed by atoms with Gasteiger partial charge < -0.3 is 10.2 Å². The summed E-state index contributed by atoms with van der Waals surface area (Å²) in [6.07, 6.45) is 4.24. The SMILES string of the molecule is Cc1cc2c(c(CC3CCCNC3)c1)N(C)C(=O)C2. The van der Waals surface area contributed by atoms with Crippen LogP contribution in [0.2, 0.25) is 0 Å². The largest absolute Gasteiger partial charge is 0.316 e. The van der Waals surface area contributed by atoms with Gasteiger partial charge in [0.15, 0.2) is 0 Å². The molecule has 1 amide bonds. The van der Waals surface area contributed by atoms with Crippen molar-refractivity contribution in [1.82, 2.24) is 5.32 Å². The molecule has 0 saturated carbocycles. The number of rotatable bonds is 2. The maximum absolute atomic E-state index is 11.9. The summed E-state index contributed by atoms with van der Waals surface area (Å²) in [5, 5.41) is 3.48. The molecule has 1 aromatic rings. The molecule has 2 heterocycles. The first kappa shape index (κ1) is 12.7. The zero-order valence-corrected chi connectivity index (χ0v) is 11.8. The van der Waals surface area contributed by atoms with Crippen LogP contribution in [0, 0.1) is 12.8 Å². The van der Waals surface area contributed by atoms with Crippen LogP contribution in [0.4, 0.5) is 5.69 Å². The van der Waals surface area contributed by atoms with Gasteiger partial charge in [0, 0.05) is 7.05 Å². The summed E-state index contributed by atoms with van der Waals surface area (Å²) < 4.78 is 0. The predicted octanol–water partition coefficient (Wildman–Crippen LogP) is 2.06. The Bertz CT molecular complexity index is 504. The Morgan fingerprint density at radius 3 is 3.00 bits per heavy atom. The van der Waals surface area contributed by atoms with Crippen LogP contribution in [0.3, 0.4) is 0 Å². The summed E-state index contributed by atoms with van der Waals surface area (Å²) in [6, 6.07) is 4.43. The molecule has 2 aliphatic rings. The fraction of sp³-hybridized carbons (Fsp3) is 0.562. The molecule has 3 rings (SSSR count). The van der Waals surface area contributed by atoms with Gasteiger partial charge in [0.05, 0.1) is 12.1 Å². The maximum Gasteiger partial charge on any atom is 0.231 e. The number of carbonyl (C=O) groups is 1. The average molecular weight is 258 g/mol. The zero-order chi connectivity index (χ0) is 13.4. The highest BCUT2D eigenvalue weighted by atomic mass is 16.2. The molecule has 0 bridgehead atoms. The number of benzene rings is 1. The molecule has 19 heavy (non-hydrogen) atoms. The molecular weight excluding hydrogens is 236 g/mol. The molecule has 0 aliphatic carbocycles. The van der Waals surface area contributed by atoms with Crippen LogP contribution in [0.5, 0.6) is 0 Å². The zero-order valence-electron chi connectivity index (χ0n) is 11.8. The van der Waals surface area contributed by atoms with Crippen LogP contribution in [-0.2, 0) is 17.6 Å². The number of likely N-dealkylation sites (N-methyl/N-ethyl adjacent to an activating group) is 1. The highest BCUT2D eigenvalue weighted by Crippen LogP contribution is 2.34.